The van der Waals surface area contributed by atoms with Gasteiger partial charge in [0.2, 0.25) is 5.95 Å². The second-order valence-electron chi connectivity index (χ2n) is 11.5. The summed E-state index contributed by atoms with van der Waals surface area (Å²) in [5.41, 5.74) is 0.982. The van der Waals surface area contributed by atoms with Gasteiger partial charge >= 0.3 is 6.18 Å². The molecule has 6 rings (SSSR count). The zero-order valence-electron chi connectivity index (χ0n) is 24.9. The van der Waals surface area contributed by atoms with Gasteiger partial charge < -0.3 is 19.9 Å². The number of piperazine rings is 1. The zero-order chi connectivity index (χ0) is 30.8. The maximum Gasteiger partial charge on any atom is 0.421 e. The van der Waals surface area contributed by atoms with Crippen molar-refractivity contribution in [2.75, 3.05) is 75.3 Å². The van der Waals surface area contributed by atoms with Crippen molar-refractivity contribution >= 4 is 23.1 Å². The smallest absolute Gasteiger partial charge is 0.421 e. The summed E-state index contributed by atoms with van der Waals surface area (Å²) in [6, 6.07) is 11.3. The molecule has 4 heterocycles. The SMILES string of the molecule is COc1cc(Nc2ncc(C(F)(F)F)c(N3OCC[C@H]3c3cccc(F)c3)n2)ccc1N1CCC(N2CCN(C)CC2)CC1. The Kier molecular flexibility index (Phi) is 8.79. The highest BCUT2D eigenvalue weighted by atomic mass is 19.4. The molecule has 3 aliphatic heterocycles. The van der Waals surface area contributed by atoms with Gasteiger partial charge in [-0.15, -0.1) is 0 Å². The third-order valence-electron chi connectivity index (χ3n) is 8.72. The number of nitrogens with one attached hydrogen (secondary N) is 1. The van der Waals surface area contributed by atoms with Crippen LogP contribution in [-0.4, -0.2) is 85.8 Å². The summed E-state index contributed by atoms with van der Waals surface area (Å²) in [5, 5.41) is 4.14. The first kappa shape index (κ1) is 30.4. The van der Waals surface area contributed by atoms with Crippen molar-refractivity contribution in [2.24, 2.45) is 0 Å². The lowest BCUT2D eigenvalue weighted by molar-refractivity contribution is -0.138. The maximum absolute atomic E-state index is 14.1. The molecule has 0 amide bonds. The molecular weight excluding hydrogens is 578 g/mol. The number of anilines is 4. The molecule has 3 aromatic rings. The van der Waals surface area contributed by atoms with Crippen LogP contribution in [0, 0.1) is 5.82 Å². The number of alkyl halides is 3. The van der Waals surface area contributed by atoms with Crippen LogP contribution >= 0.6 is 0 Å². The minimum atomic E-state index is -4.73. The van der Waals surface area contributed by atoms with Gasteiger partial charge in [-0.1, -0.05) is 12.1 Å². The lowest BCUT2D eigenvalue weighted by Crippen LogP contribution is -2.52. The molecule has 9 nitrogen and oxygen atoms in total. The van der Waals surface area contributed by atoms with Gasteiger partial charge in [-0.05, 0) is 49.7 Å². The molecule has 0 aliphatic carbocycles. The Morgan fingerprint density at radius 1 is 0.977 bits per heavy atom. The van der Waals surface area contributed by atoms with Crippen molar-refractivity contribution in [3.63, 3.8) is 0 Å². The number of aromatic nitrogens is 2. The molecule has 0 saturated carbocycles. The molecule has 0 spiro atoms. The van der Waals surface area contributed by atoms with E-state index in [0.29, 0.717) is 29.5 Å². The van der Waals surface area contributed by atoms with Crippen LogP contribution < -0.4 is 20.0 Å². The van der Waals surface area contributed by atoms with E-state index in [0.717, 1.165) is 69.1 Å². The molecule has 1 N–H and O–H groups in total. The number of ether oxygens (including phenoxy) is 1. The number of benzene rings is 2. The number of hydrogen-bond acceptors (Lipinski definition) is 9. The normalized spacial score (nSPS) is 20.7. The summed E-state index contributed by atoms with van der Waals surface area (Å²) >= 11 is 0. The Bertz CT molecular complexity index is 1440. The third kappa shape index (κ3) is 6.54. The second kappa shape index (κ2) is 12.7. The highest BCUT2D eigenvalue weighted by molar-refractivity contribution is 5.68. The second-order valence-corrected chi connectivity index (χ2v) is 11.5. The summed E-state index contributed by atoms with van der Waals surface area (Å²) < 4.78 is 61.8. The van der Waals surface area contributed by atoms with Gasteiger partial charge in [0.1, 0.15) is 17.1 Å². The minimum absolute atomic E-state index is 0.0377. The average Bonchev–Trinajstić information content (AvgIpc) is 3.51. The summed E-state index contributed by atoms with van der Waals surface area (Å²) in [5.74, 6) is -0.306. The highest BCUT2D eigenvalue weighted by Crippen LogP contribution is 2.42. The number of halogens is 4. The van der Waals surface area contributed by atoms with E-state index < -0.39 is 29.4 Å². The van der Waals surface area contributed by atoms with Crippen LogP contribution in [0.5, 0.6) is 5.75 Å². The summed E-state index contributed by atoms with van der Waals surface area (Å²) in [6.45, 7) is 6.40. The van der Waals surface area contributed by atoms with Gasteiger partial charge in [-0.25, -0.2) is 14.4 Å². The number of hydrogen-bond donors (Lipinski definition) is 1. The minimum Gasteiger partial charge on any atom is -0.495 e. The molecule has 1 atom stereocenters. The van der Waals surface area contributed by atoms with Crippen LogP contribution in [0.25, 0.3) is 0 Å². The molecular formula is C31H37F4N7O2. The molecule has 13 heteroatoms. The quantitative estimate of drug-likeness (QED) is 0.348. The number of methoxy groups -OCH3 is 1. The monoisotopic (exact) mass is 615 g/mol. The fourth-order valence-electron chi connectivity index (χ4n) is 6.30. The van der Waals surface area contributed by atoms with Gasteiger partial charge in [-0.2, -0.15) is 18.2 Å². The Morgan fingerprint density at radius 2 is 1.75 bits per heavy atom. The fourth-order valence-corrected chi connectivity index (χ4v) is 6.30. The highest BCUT2D eigenvalue weighted by Gasteiger charge is 2.41. The van der Waals surface area contributed by atoms with E-state index in [2.05, 4.69) is 37.0 Å². The number of hydroxylamine groups is 1. The Balaban J connectivity index is 1.19. The maximum atomic E-state index is 14.1. The van der Waals surface area contributed by atoms with E-state index in [1.807, 2.05) is 12.1 Å². The molecule has 2 aromatic carbocycles. The van der Waals surface area contributed by atoms with Gasteiger partial charge in [-0.3, -0.25) is 9.74 Å². The number of nitrogens with zero attached hydrogens (tertiary/aromatic N) is 6. The van der Waals surface area contributed by atoms with Crippen molar-refractivity contribution in [1.29, 1.82) is 0 Å². The van der Waals surface area contributed by atoms with Crippen LogP contribution in [0.4, 0.5) is 40.7 Å². The number of rotatable bonds is 7. The first-order valence-corrected chi connectivity index (χ1v) is 14.9. The van der Waals surface area contributed by atoms with E-state index >= 15 is 0 Å². The third-order valence-corrected chi connectivity index (χ3v) is 8.72. The van der Waals surface area contributed by atoms with E-state index in [1.165, 1.54) is 18.2 Å². The van der Waals surface area contributed by atoms with Crippen LogP contribution in [0.2, 0.25) is 0 Å². The predicted molar refractivity (Wildman–Crippen MR) is 160 cm³/mol. The van der Waals surface area contributed by atoms with Crippen LogP contribution in [0.15, 0.2) is 48.7 Å². The van der Waals surface area contributed by atoms with Crippen LogP contribution in [-0.2, 0) is 11.0 Å². The molecule has 0 radical (unpaired) electrons. The first-order valence-electron chi connectivity index (χ1n) is 14.9. The number of piperidine rings is 1. The van der Waals surface area contributed by atoms with Crippen molar-refractivity contribution in [1.82, 2.24) is 19.8 Å². The van der Waals surface area contributed by atoms with Gasteiger partial charge in [0.15, 0.2) is 5.82 Å². The van der Waals surface area contributed by atoms with E-state index in [-0.39, 0.29) is 12.6 Å². The van der Waals surface area contributed by atoms with Crippen LogP contribution in [0.3, 0.4) is 0 Å². The largest absolute Gasteiger partial charge is 0.495 e. The first-order chi connectivity index (χ1) is 21.2. The molecule has 44 heavy (non-hydrogen) atoms. The Morgan fingerprint density at radius 3 is 2.45 bits per heavy atom. The van der Waals surface area contributed by atoms with Crippen LogP contribution in [0.1, 0.15) is 36.4 Å². The molecule has 0 unspecified atom stereocenters. The standard InChI is InChI=1S/C31H37F4N7O2/c1-39-13-15-40(16-14-39)24-8-11-41(12-9-24)27-7-6-23(19-28(27)43-2)37-30-36-20-25(31(33,34)35)29(38-30)42-26(10-17-44-42)21-4-3-5-22(32)18-21/h3-7,18-20,24,26H,8-17H2,1-2H3,(H,36,37,38)/t26-/m0/s1. The molecule has 3 aliphatic rings. The lowest BCUT2D eigenvalue weighted by atomic mass is 10.0. The molecule has 3 saturated heterocycles. The summed E-state index contributed by atoms with van der Waals surface area (Å²) in [6.07, 6.45) is -1.46. The fraction of sp³-hybridized carbons (Fsp3) is 0.484. The molecule has 3 fully saturated rings. The van der Waals surface area contributed by atoms with Crippen molar-refractivity contribution in [3.05, 3.63) is 65.6 Å². The molecule has 1 aromatic heterocycles. The molecule has 0 bridgehead atoms. The zero-order valence-corrected chi connectivity index (χ0v) is 24.9. The topological polar surface area (TPSA) is 69.2 Å². The van der Waals surface area contributed by atoms with E-state index in [9.17, 15) is 17.6 Å². The Hall–Kier alpha value is -3.68. The molecule has 236 valence electrons. The average molecular weight is 616 g/mol. The van der Waals surface area contributed by atoms with Gasteiger partial charge in [0, 0.05) is 69.7 Å². The van der Waals surface area contributed by atoms with Crippen molar-refractivity contribution < 1.29 is 27.1 Å². The van der Waals surface area contributed by atoms with E-state index in [1.54, 1.807) is 19.2 Å². The predicted octanol–water partition coefficient (Wildman–Crippen LogP) is 5.49. The number of likely N-dealkylation sites (N-methyl/N-ethyl adjacent to an activating group) is 1. The van der Waals surface area contributed by atoms with Gasteiger partial charge in [0.05, 0.1) is 25.4 Å². The lowest BCUT2D eigenvalue weighted by Gasteiger charge is -2.42. The van der Waals surface area contributed by atoms with Crippen molar-refractivity contribution in [3.8, 4) is 5.75 Å². The Labute approximate surface area is 254 Å². The summed E-state index contributed by atoms with van der Waals surface area (Å²) in [4.78, 5) is 21.1. The van der Waals surface area contributed by atoms with Gasteiger partial charge in [0.25, 0.3) is 0 Å². The van der Waals surface area contributed by atoms with E-state index in [4.69, 9.17) is 9.57 Å². The van der Waals surface area contributed by atoms with Crippen molar-refractivity contribution in [2.45, 2.75) is 37.5 Å². The summed E-state index contributed by atoms with van der Waals surface area (Å²) in [7, 11) is 3.77.